The van der Waals surface area contributed by atoms with Gasteiger partial charge in [0, 0.05) is 7.11 Å². The standard InChI is InChI=1S/C4H8O2.Ca.2H/c1-4(5)3-6-2;;;/h3H2,1-2H3;;;/q;+2;2*-1. The van der Waals surface area contributed by atoms with Crippen LogP contribution in [0.2, 0.25) is 0 Å². The van der Waals surface area contributed by atoms with Crippen LogP contribution in [-0.4, -0.2) is 57.2 Å². The Kier molecular flexibility index (Phi) is 10.6. The number of ether oxygens (including phenoxy) is 1. The van der Waals surface area contributed by atoms with Gasteiger partial charge in [-0.15, -0.1) is 0 Å². The zero-order valence-corrected chi connectivity index (χ0v) is 6.94. The Labute approximate surface area is 76.2 Å². The van der Waals surface area contributed by atoms with Crippen LogP contribution in [0.25, 0.3) is 0 Å². The molecule has 0 saturated carbocycles. The number of hydrogen-bond donors (Lipinski definition) is 0. The van der Waals surface area contributed by atoms with E-state index in [1.165, 1.54) is 14.0 Å². The van der Waals surface area contributed by atoms with Gasteiger partial charge in [0.1, 0.15) is 6.61 Å². The Morgan fingerprint density at radius 3 is 2.29 bits per heavy atom. The Balaban J connectivity index is -0.0000000417. The van der Waals surface area contributed by atoms with Gasteiger partial charge in [-0.05, 0) is 6.92 Å². The third kappa shape index (κ3) is 10.9. The first kappa shape index (κ1) is 10.8. The molecule has 0 aliphatic heterocycles. The van der Waals surface area contributed by atoms with Gasteiger partial charge in [-0.1, -0.05) is 0 Å². The normalized spacial score (nSPS) is 7.14. The molecule has 0 radical (unpaired) electrons. The minimum Gasteiger partial charge on any atom is -1.00 e. The number of ketones is 1. The van der Waals surface area contributed by atoms with Gasteiger partial charge in [-0.25, -0.2) is 0 Å². The Hall–Kier alpha value is 0.890. The third-order valence-corrected chi connectivity index (χ3v) is 0.348. The number of carbonyl (C=O) groups is 1. The van der Waals surface area contributed by atoms with Crippen LogP contribution in [0.1, 0.15) is 9.78 Å². The molecule has 0 unspecified atom stereocenters. The van der Waals surface area contributed by atoms with E-state index in [4.69, 9.17) is 0 Å². The molecular formula is C4H10CaO2. The van der Waals surface area contributed by atoms with Gasteiger partial charge in [0.15, 0.2) is 5.78 Å². The van der Waals surface area contributed by atoms with Gasteiger partial charge in [0.05, 0.1) is 0 Å². The minimum atomic E-state index is 0. The van der Waals surface area contributed by atoms with Crippen molar-refractivity contribution in [2.24, 2.45) is 0 Å². The van der Waals surface area contributed by atoms with Gasteiger partial charge in [0.25, 0.3) is 0 Å². The second-order valence-corrected chi connectivity index (χ2v) is 1.14. The molecule has 0 aromatic heterocycles. The van der Waals surface area contributed by atoms with Crippen LogP contribution in [0.5, 0.6) is 0 Å². The van der Waals surface area contributed by atoms with Crippen LogP contribution >= 0.6 is 0 Å². The summed E-state index contributed by atoms with van der Waals surface area (Å²) < 4.78 is 4.45. The summed E-state index contributed by atoms with van der Waals surface area (Å²) in [6.07, 6.45) is 0. The fourth-order valence-corrected chi connectivity index (χ4v) is 0.203. The number of hydrogen-bond acceptors (Lipinski definition) is 2. The van der Waals surface area contributed by atoms with Crippen LogP contribution in [0.15, 0.2) is 0 Å². The zero-order valence-electron chi connectivity index (χ0n) is 6.73. The van der Waals surface area contributed by atoms with E-state index in [9.17, 15) is 4.79 Å². The van der Waals surface area contributed by atoms with Crippen molar-refractivity contribution in [3.63, 3.8) is 0 Å². The van der Waals surface area contributed by atoms with E-state index in [0.717, 1.165) is 0 Å². The summed E-state index contributed by atoms with van der Waals surface area (Å²) >= 11 is 0. The Morgan fingerprint density at radius 2 is 2.29 bits per heavy atom. The summed E-state index contributed by atoms with van der Waals surface area (Å²) in [6, 6.07) is 0. The number of methoxy groups -OCH3 is 1. The summed E-state index contributed by atoms with van der Waals surface area (Å²) in [5.74, 6) is 0.0671. The Bertz CT molecular complexity index is 60.5. The summed E-state index contributed by atoms with van der Waals surface area (Å²) in [5.41, 5.74) is 0. The SMILES string of the molecule is COCC(C)=O.[Ca+2].[H-].[H-]. The van der Waals surface area contributed by atoms with Crippen molar-refractivity contribution in [3.05, 3.63) is 0 Å². The zero-order chi connectivity index (χ0) is 4.99. The molecule has 0 aliphatic rings. The second kappa shape index (κ2) is 6.89. The van der Waals surface area contributed by atoms with Crippen LogP contribution in [0.3, 0.4) is 0 Å². The van der Waals surface area contributed by atoms with Crippen LogP contribution in [0, 0.1) is 0 Å². The molecule has 0 rings (SSSR count). The van der Waals surface area contributed by atoms with Crippen molar-refractivity contribution in [2.45, 2.75) is 6.92 Å². The monoisotopic (exact) mass is 130 g/mol. The number of Topliss-reactive ketones (excluding diaryl/α,β-unsaturated/α-hetero) is 1. The maximum Gasteiger partial charge on any atom is 2.00 e. The molecule has 0 aromatic carbocycles. The van der Waals surface area contributed by atoms with Crippen molar-refractivity contribution >= 4 is 43.5 Å². The molecule has 40 valence electrons. The molecule has 3 heteroatoms. The van der Waals surface area contributed by atoms with Gasteiger partial charge in [0.2, 0.25) is 0 Å². The first-order valence-electron chi connectivity index (χ1n) is 1.75. The summed E-state index contributed by atoms with van der Waals surface area (Å²) in [5, 5.41) is 0. The fourth-order valence-electron chi connectivity index (χ4n) is 0.203. The maximum absolute atomic E-state index is 9.92. The van der Waals surface area contributed by atoms with Gasteiger partial charge < -0.3 is 7.59 Å². The van der Waals surface area contributed by atoms with Gasteiger partial charge >= 0.3 is 37.7 Å². The molecule has 0 fully saturated rings. The molecular weight excluding hydrogens is 120 g/mol. The molecule has 0 spiro atoms. The van der Waals surface area contributed by atoms with Gasteiger partial charge in [-0.3, -0.25) is 4.79 Å². The molecule has 0 atom stereocenters. The van der Waals surface area contributed by atoms with E-state index in [-0.39, 0.29) is 53.0 Å². The Morgan fingerprint density at radius 1 is 1.86 bits per heavy atom. The van der Waals surface area contributed by atoms with Crippen molar-refractivity contribution in [2.75, 3.05) is 13.7 Å². The van der Waals surface area contributed by atoms with E-state index in [1.54, 1.807) is 0 Å². The van der Waals surface area contributed by atoms with Crippen molar-refractivity contribution in [1.29, 1.82) is 0 Å². The molecule has 0 bridgehead atoms. The maximum atomic E-state index is 9.92. The fraction of sp³-hybridized carbons (Fsp3) is 0.750. The summed E-state index contributed by atoms with van der Waals surface area (Å²) in [7, 11) is 1.50. The van der Waals surface area contributed by atoms with Crippen molar-refractivity contribution in [1.82, 2.24) is 0 Å². The average molecular weight is 130 g/mol. The molecule has 0 amide bonds. The van der Waals surface area contributed by atoms with Crippen LogP contribution < -0.4 is 0 Å². The first-order valence-corrected chi connectivity index (χ1v) is 1.75. The molecule has 2 nitrogen and oxygen atoms in total. The summed E-state index contributed by atoms with van der Waals surface area (Å²) in [4.78, 5) is 9.92. The predicted molar refractivity (Wildman–Crippen MR) is 30.5 cm³/mol. The van der Waals surface area contributed by atoms with E-state index in [1.807, 2.05) is 0 Å². The average Bonchev–Trinajstić information content (AvgIpc) is 1.35. The van der Waals surface area contributed by atoms with Gasteiger partial charge in [-0.2, -0.15) is 0 Å². The van der Waals surface area contributed by atoms with E-state index in [2.05, 4.69) is 4.74 Å². The topological polar surface area (TPSA) is 26.3 Å². The molecule has 0 heterocycles. The van der Waals surface area contributed by atoms with Crippen LogP contribution in [-0.2, 0) is 9.53 Å². The third-order valence-electron chi connectivity index (χ3n) is 0.348. The molecule has 0 aromatic rings. The number of carbonyl (C=O) groups excluding carboxylic acids is 1. The smallest absolute Gasteiger partial charge is 1.00 e. The van der Waals surface area contributed by atoms with E-state index >= 15 is 0 Å². The minimum absolute atomic E-state index is 0. The number of rotatable bonds is 2. The predicted octanol–water partition coefficient (Wildman–Crippen LogP) is 0.0660. The largest absolute Gasteiger partial charge is 2.00 e. The molecule has 0 saturated heterocycles. The van der Waals surface area contributed by atoms with E-state index < -0.39 is 0 Å². The molecule has 0 aliphatic carbocycles. The van der Waals surface area contributed by atoms with Crippen molar-refractivity contribution < 1.29 is 12.4 Å². The first-order chi connectivity index (χ1) is 2.77. The molecule has 0 N–H and O–H groups in total. The van der Waals surface area contributed by atoms with Crippen molar-refractivity contribution in [3.8, 4) is 0 Å². The molecule has 7 heavy (non-hydrogen) atoms. The second-order valence-electron chi connectivity index (χ2n) is 1.14. The van der Waals surface area contributed by atoms with E-state index in [0.29, 0.717) is 0 Å². The summed E-state index contributed by atoms with van der Waals surface area (Å²) in [6.45, 7) is 1.73. The quantitative estimate of drug-likeness (QED) is 0.494. The van der Waals surface area contributed by atoms with Crippen LogP contribution in [0.4, 0.5) is 0 Å².